The topological polar surface area (TPSA) is 142 Å². The van der Waals surface area contributed by atoms with Crippen molar-refractivity contribution in [1.82, 2.24) is 54.8 Å². The van der Waals surface area contributed by atoms with Gasteiger partial charge in [-0.3, -0.25) is 0 Å². The van der Waals surface area contributed by atoms with Gasteiger partial charge in [0.15, 0.2) is 23.3 Å². The van der Waals surface area contributed by atoms with E-state index in [1.54, 1.807) is 0 Å². The molecule has 6 aromatic heterocycles. The summed E-state index contributed by atoms with van der Waals surface area (Å²) in [5.41, 5.74) is 23.9. The highest BCUT2D eigenvalue weighted by Gasteiger charge is 2.23. The number of rotatable bonds is 12. The quantitative estimate of drug-likeness (QED) is 0.108. The molecule has 0 spiro atoms. The van der Waals surface area contributed by atoms with Crippen LogP contribution in [0.5, 0.6) is 0 Å². The molecule has 0 amide bonds. The van der Waals surface area contributed by atoms with Crippen molar-refractivity contribution in [3.8, 4) is 136 Å². The lowest BCUT2D eigenvalue weighted by molar-refractivity contribution is 1.07. The molecule has 0 unspecified atom stereocenters. The molecule has 14 aromatic carbocycles. The Hall–Kier alpha value is -14.8. The van der Waals surface area contributed by atoms with Crippen LogP contribution in [-0.4, -0.2) is 54.8 Å². The van der Waals surface area contributed by atoms with Gasteiger partial charge in [-0.1, -0.05) is 328 Å². The fraction of sp³-hybridized carbons (Fsp3) is 0. The molecular weight excluding hydrogens is 1320 g/mol. The fourth-order valence-corrected chi connectivity index (χ4v) is 14.3. The van der Waals surface area contributed by atoms with Gasteiger partial charge in [-0.05, 0) is 42.5 Å². The Morgan fingerprint density at radius 2 is 0.380 bits per heavy atom. The number of hydrogen-bond donors (Lipinski definition) is 0. The highest BCUT2D eigenvalue weighted by Crippen LogP contribution is 2.43. The van der Waals surface area contributed by atoms with E-state index in [2.05, 4.69) is 176 Å². The minimum Gasteiger partial charge on any atom is -0.247 e. The number of para-hydroxylation sites is 2. The molecule has 20 aromatic rings. The lowest BCUT2D eigenvalue weighted by Crippen LogP contribution is -2.00. The number of fused-ring (bicyclic) bond motifs is 10. The van der Waals surface area contributed by atoms with Gasteiger partial charge in [-0.15, -0.1) is 0 Å². The van der Waals surface area contributed by atoms with Gasteiger partial charge in [0, 0.05) is 99.1 Å². The number of pyridine rings is 2. The zero-order valence-corrected chi connectivity index (χ0v) is 58.1. The summed E-state index contributed by atoms with van der Waals surface area (Å²) in [5, 5.41) is 6.17. The van der Waals surface area contributed by atoms with Gasteiger partial charge in [0.1, 0.15) is 0 Å². The SMILES string of the molecule is c1ccc(-c2cc(-c3ccc(-c4nc5ccccc5c5c4ccc4nc(-c6ccccc6)c(-c6ccccc6)nc45)cc3)nc(-c3ccccc3)n2)cc1.c1ccc(-c2nc(-c3ccccc3)nc(-c3ccc(-c4nc5ccccc5c5c4ccc4nc(-c6ccccc6)c(-c6ccccc6)nc45)cc3)n2)cc1. The highest BCUT2D eigenvalue weighted by atomic mass is 15.0. The van der Waals surface area contributed by atoms with Crippen LogP contribution in [0.3, 0.4) is 0 Å². The Kier molecular flexibility index (Phi) is 16.7. The Labute approximate surface area is 622 Å². The van der Waals surface area contributed by atoms with Crippen molar-refractivity contribution < 1.29 is 0 Å². The third-order valence-corrected chi connectivity index (χ3v) is 19.6. The van der Waals surface area contributed by atoms with E-state index in [1.165, 1.54) is 0 Å². The van der Waals surface area contributed by atoms with Gasteiger partial charge < -0.3 is 0 Å². The molecule has 0 aliphatic rings. The van der Waals surface area contributed by atoms with Gasteiger partial charge in [-0.2, -0.15) is 0 Å². The molecule has 108 heavy (non-hydrogen) atoms. The maximum Gasteiger partial charge on any atom is 0.164 e. The molecule has 11 heteroatoms. The standard InChI is InChI=1S/C49H31N5.C48H30N6/c1-5-15-32(16-6-1)42-31-43(53-49(52-42)37-21-11-4-12-22-37)33-25-27-36(28-26-33)45-39-29-30-41-48(44(39)38-23-13-14-24-40(38)50-45)54-47(35-19-9-3-10-20-35)46(51-41)34-17-7-2-8-18-34;1-5-15-31(16-6-1)43-44(32-17-7-2-8-18-32)51-45-40(50-43)30-29-38-41(45)37-23-13-14-24-39(37)49-42(38)33-25-27-36(28-26-33)48-53-46(34-19-9-3-10-20-34)52-47(54-48)35-21-11-4-12-22-35/h1-31H;1-30H. The second-order valence-electron chi connectivity index (χ2n) is 26.4. The maximum absolute atomic E-state index is 5.45. The summed E-state index contributed by atoms with van der Waals surface area (Å²) in [7, 11) is 0. The van der Waals surface area contributed by atoms with Crippen LogP contribution in [0.15, 0.2) is 370 Å². The van der Waals surface area contributed by atoms with E-state index < -0.39 is 0 Å². The van der Waals surface area contributed by atoms with Crippen LogP contribution in [0.4, 0.5) is 0 Å². The molecule has 0 saturated heterocycles. The Bertz CT molecular complexity index is 6200. The highest BCUT2D eigenvalue weighted by molar-refractivity contribution is 6.22. The summed E-state index contributed by atoms with van der Waals surface area (Å²) in [4.78, 5) is 56.7. The number of aromatic nitrogens is 11. The van der Waals surface area contributed by atoms with Crippen molar-refractivity contribution in [1.29, 1.82) is 0 Å². The van der Waals surface area contributed by atoms with E-state index in [0.29, 0.717) is 23.3 Å². The first-order valence-electron chi connectivity index (χ1n) is 35.9. The maximum atomic E-state index is 5.45. The number of benzene rings is 14. The third kappa shape index (κ3) is 12.3. The van der Waals surface area contributed by atoms with Crippen LogP contribution in [-0.2, 0) is 0 Å². The normalized spacial score (nSPS) is 11.3. The monoisotopic (exact) mass is 1380 g/mol. The lowest BCUT2D eigenvalue weighted by Gasteiger charge is -2.15. The van der Waals surface area contributed by atoms with E-state index in [4.69, 9.17) is 54.8 Å². The molecule has 11 nitrogen and oxygen atoms in total. The zero-order valence-electron chi connectivity index (χ0n) is 58.1. The Balaban J connectivity index is 0.000000147. The average Bonchev–Trinajstić information content (AvgIpc) is 0.736. The predicted octanol–water partition coefficient (Wildman–Crippen LogP) is 23.6. The first-order valence-corrected chi connectivity index (χ1v) is 35.9. The second-order valence-corrected chi connectivity index (χ2v) is 26.4. The van der Waals surface area contributed by atoms with Crippen LogP contribution < -0.4 is 0 Å². The predicted molar refractivity (Wildman–Crippen MR) is 439 cm³/mol. The Morgan fingerprint density at radius 1 is 0.139 bits per heavy atom. The molecule has 0 aliphatic carbocycles. The van der Waals surface area contributed by atoms with E-state index in [-0.39, 0.29) is 0 Å². The molecular formula is C97H61N11. The summed E-state index contributed by atoms with van der Waals surface area (Å²) >= 11 is 0. The van der Waals surface area contributed by atoms with Crippen molar-refractivity contribution in [2.75, 3.05) is 0 Å². The first kappa shape index (κ1) is 64.1. The molecule has 0 aliphatic heterocycles. The average molecular weight is 1380 g/mol. The lowest BCUT2D eigenvalue weighted by atomic mass is 9.97. The van der Waals surface area contributed by atoms with Gasteiger partial charge in [0.25, 0.3) is 0 Å². The van der Waals surface area contributed by atoms with Crippen molar-refractivity contribution in [2.45, 2.75) is 0 Å². The Morgan fingerprint density at radius 3 is 0.731 bits per heavy atom. The van der Waals surface area contributed by atoms with Crippen LogP contribution in [0.2, 0.25) is 0 Å². The summed E-state index contributed by atoms with van der Waals surface area (Å²) in [6.07, 6.45) is 0. The van der Waals surface area contributed by atoms with Crippen molar-refractivity contribution >= 4 is 65.4 Å². The van der Waals surface area contributed by atoms with Crippen molar-refractivity contribution in [3.63, 3.8) is 0 Å². The second kappa shape index (κ2) is 28.1. The molecule has 0 N–H and O–H groups in total. The molecule has 0 saturated carbocycles. The van der Waals surface area contributed by atoms with Crippen LogP contribution >= 0.6 is 0 Å². The van der Waals surface area contributed by atoms with Crippen LogP contribution in [0.1, 0.15) is 0 Å². The summed E-state index contributed by atoms with van der Waals surface area (Å²) in [6, 6.07) is 126. The summed E-state index contributed by atoms with van der Waals surface area (Å²) in [5.74, 6) is 2.55. The minimum atomic E-state index is 0.606. The molecule has 6 heterocycles. The van der Waals surface area contributed by atoms with Crippen molar-refractivity contribution in [3.05, 3.63) is 370 Å². The number of hydrogen-bond acceptors (Lipinski definition) is 11. The first-order chi connectivity index (χ1) is 53.5. The smallest absolute Gasteiger partial charge is 0.164 e. The molecule has 0 atom stereocenters. The number of nitrogens with zero attached hydrogens (tertiary/aromatic N) is 11. The van der Waals surface area contributed by atoms with E-state index in [0.717, 1.165) is 178 Å². The van der Waals surface area contributed by atoms with E-state index in [9.17, 15) is 0 Å². The molecule has 20 rings (SSSR count). The minimum absolute atomic E-state index is 0.606. The molecule has 0 radical (unpaired) electrons. The van der Waals surface area contributed by atoms with E-state index in [1.807, 2.05) is 194 Å². The molecule has 504 valence electrons. The largest absolute Gasteiger partial charge is 0.247 e. The summed E-state index contributed by atoms with van der Waals surface area (Å²) in [6.45, 7) is 0. The van der Waals surface area contributed by atoms with Gasteiger partial charge >= 0.3 is 0 Å². The van der Waals surface area contributed by atoms with Gasteiger partial charge in [-0.25, -0.2) is 54.8 Å². The van der Waals surface area contributed by atoms with Crippen molar-refractivity contribution in [2.24, 2.45) is 0 Å². The van der Waals surface area contributed by atoms with Gasteiger partial charge in [0.05, 0.1) is 78.7 Å². The molecule has 0 bridgehead atoms. The zero-order chi connectivity index (χ0) is 71.7. The third-order valence-electron chi connectivity index (χ3n) is 19.6. The fourth-order valence-electron chi connectivity index (χ4n) is 14.3. The van der Waals surface area contributed by atoms with E-state index >= 15 is 0 Å². The summed E-state index contributed by atoms with van der Waals surface area (Å²) < 4.78 is 0. The van der Waals surface area contributed by atoms with Crippen LogP contribution in [0, 0.1) is 0 Å². The van der Waals surface area contributed by atoms with Crippen LogP contribution in [0.25, 0.3) is 201 Å². The van der Waals surface area contributed by atoms with Gasteiger partial charge in [0.2, 0.25) is 0 Å². The molecule has 0 fully saturated rings.